The smallest absolute Gasteiger partial charge is 0.307 e. The van der Waals surface area contributed by atoms with Crippen LogP contribution in [0, 0.1) is 5.92 Å². The first-order valence-corrected chi connectivity index (χ1v) is 6.47. The maximum absolute atomic E-state index is 11.5. The van der Waals surface area contributed by atoms with Gasteiger partial charge in [0.05, 0.1) is 13.5 Å². The van der Waals surface area contributed by atoms with Gasteiger partial charge in [-0.3, -0.25) is 4.79 Å². The molecule has 0 bridgehead atoms. The topological polar surface area (TPSA) is 38.3 Å². The van der Waals surface area contributed by atoms with Gasteiger partial charge in [-0.1, -0.05) is 20.3 Å². The van der Waals surface area contributed by atoms with Crippen LogP contribution >= 0.6 is 0 Å². The van der Waals surface area contributed by atoms with Gasteiger partial charge in [0.25, 0.3) is 0 Å². The van der Waals surface area contributed by atoms with Gasteiger partial charge in [-0.15, -0.1) is 0 Å². The van der Waals surface area contributed by atoms with Crippen LogP contribution in [0.5, 0.6) is 0 Å². The number of ether oxygens (including phenoxy) is 1. The van der Waals surface area contributed by atoms with Crippen molar-refractivity contribution in [2.45, 2.75) is 57.9 Å². The van der Waals surface area contributed by atoms with Crippen molar-refractivity contribution in [2.75, 3.05) is 13.7 Å². The van der Waals surface area contributed by atoms with Gasteiger partial charge < -0.3 is 10.1 Å². The maximum atomic E-state index is 11.5. The summed E-state index contributed by atoms with van der Waals surface area (Å²) in [6.07, 6.45) is 6.33. The van der Waals surface area contributed by atoms with Crippen LogP contribution in [-0.4, -0.2) is 25.2 Å². The van der Waals surface area contributed by atoms with Crippen LogP contribution in [0.25, 0.3) is 0 Å². The monoisotopic (exact) mass is 227 g/mol. The van der Waals surface area contributed by atoms with Crippen molar-refractivity contribution in [3.05, 3.63) is 0 Å². The molecule has 0 aromatic heterocycles. The predicted molar refractivity (Wildman–Crippen MR) is 65.3 cm³/mol. The van der Waals surface area contributed by atoms with E-state index >= 15 is 0 Å². The van der Waals surface area contributed by atoms with Crippen LogP contribution in [0.4, 0.5) is 0 Å². The summed E-state index contributed by atoms with van der Waals surface area (Å²) in [7, 11) is 1.47. The number of methoxy groups -OCH3 is 1. The van der Waals surface area contributed by atoms with Gasteiger partial charge in [0.15, 0.2) is 0 Å². The highest BCUT2D eigenvalue weighted by atomic mass is 16.5. The van der Waals surface area contributed by atoms with Gasteiger partial charge in [0, 0.05) is 5.54 Å². The second-order valence-corrected chi connectivity index (χ2v) is 4.98. The summed E-state index contributed by atoms with van der Waals surface area (Å²) >= 11 is 0. The second-order valence-electron chi connectivity index (χ2n) is 4.98. The molecule has 1 rings (SSSR count). The molecule has 0 aliphatic heterocycles. The molecule has 16 heavy (non-hydrogen) atoms. The number of carbonyl (C=O) groups is 1. The first kappa shape index (κ1) is 13.5. The molecule has 1 saturated carbocycles. The highest BCUT2D eigenvalue weighted by molar-refractivity contribution is 5.70. The number of rotatable bonds is 6. The summed E-state index contributed by atoms with van der Waals surface area (Å²) in [5.74, 6) is 0.689. The Morgan fingerprint density at radius 1 is 1.50 bits per heavy atom. The fraction of sp³-hybridized carbons (Fsp3) is 0.923. The molecule has 0 radical (unpaired) electrons. The third kappa shape index (κ3) is 3.48. The SMILES string of the molecule is CCCNC1(CC(=O)OC)CCC(CC)C1. The Hall–Kier alpha value is -0.570. The largest absolute Gasteiger partial charge is 0.469 e. The fourth-order valence-corrected chi connectivity index (χ4v) is 2.71. The van der Waals surface area contributed by atoms with Crippen molar-refractivity contribution < 1.29 is 9.53 Å². The highest BCUT2D eigenvalue weighted by Crippen LogP contribution is 2.38. The van der Waals surface area contributed by atoms with E-state index in [1.165, 1.54) is 20.0 Å². The number of hydrogen-bond acceptors (Lipinski definition) is 3. The van der Waals surface area contributed by atoms with Crippen molar-refractivity contribution in [2.24, 2.45) is 5.92 Å². The van der Waals surface area contributed by atoms with Gasteiger partial charge in [-0.2, -0.15) is 0 Å². The molecule has 0 amide bonds. The minimum absolute atomic E-state index is 0.0176. The summed E-state index contributed by atoms with van der Waals surface area (Å²) in [6.45, 7) is 5.39. The van der Waals surface area contributed by atoms with Crippen LogP contribution in [0.3, 0.4) is 0 Å². The van der Waals surface area contributed by atoms with Crippen LogP contribution < -0.4 is 5.32 Å². The van der Waals surface area contributed by atoms with Crippen molar-refractivity contribution >= 4 is 5.97 Å². The lowest BCUT2D eigenvalue weighted by Crippen LogP contribution is -2.45. The van der Waals surface area contributed by atoms with Crippen molar-refractivity contribution in [1.29, 1.82) is 0 Å². The van der Waals surface area contributed by atoms with Crippen LogP contribution in [0.1, 0.15) is 52.4 Å². The molecule has 0 aromatic carbocycles. The van der Waals surface area contributed by atoms with E-state index in [2.05, 4.69) is 19.2 Å². The average molecular weight is 227 g/mol. The standard InChI is InChI=1S/C13H25NO2/c1-4-8-14-13(10-12(15)16-3)7-6-11(5-2)9-13/h11,14H,4-10H2,1-3H3. The minimum Gasteiger partial charge on any atom is -0.469 e. The molecule has 1 aliphatic carbocycles. The third-order valence-corrected chi connectivity index (χ3v) is 3.75. The summed E-state index contributed by atoms with van der Waals surface area (Å²) in [6, 6.07) is 0. The molecule has 2 unspecified atom stereocenters. The van der Waals surface area contributed by atoms with Crippen LogP contribution in [-0.2, 0) is 9.53 Å². The number of carbonyl (C=O) groups excluding carboxylic acids is 1. The Morgan fingerprint density at radius 3 is 2.75 bits per heavy atom. The zero-order chi connectivity index (χ0) is 12.0. The Balaban J connectivity index is 2.58. The Labute approximate surface area is 98.9 Å². The van der Waals surface area contributed by atoms with E-state index in [0.29, 0.717) is 6.42 Å². The molecule has 1 aliphatic rings. The van der Waals surface area contributed by atoms with Gasteiger partial charge >= 0.3 is 5.97 Å². The van der Waals surface area contributed by atoms with Crippen molar-refractivity contribution in [3.63, 3.8) is 0 Å². The Bertz CT molecular complexity index is 230. The van der Waals surface area contributed by atoms with Gasteiger partial charge in [0.1, 0.15) is 0 Å². The Morgan fingerprint density at radius 2 is 2.25 bits per heavy atom. The van der Waals surface area contributed by atoms with Crippen LogP contribution in [0.15, 0.2) is 0 Å². The average Bonchev–Trinajstić information content (AvgIpc) is 2.70. The molecule has 1 fully saturated rings. The molecule has 0 heterocycles. The second kappa shape index (κ2) is 6.24. The lowest BCUT2D eigenvalue weighted by Gasteiger charge is -2.30. The van der Waals surface area contributed by atoms with Crippen molar-refractivity contribution in [1.82, 2.24) is 5.32 Å². The molecule has 1 N–H and O–H groups in total. The van der Waals surface area contributed by atoms with E-state index in [1.807, 2.05) is 0 Å². The Kier molecular flexibility index (Phi) is 5.26. The van der Waals surface area contributed by atoms with Gasteiger partial charge in [0.2, 0.25) is 0 Å². The van der Waals surface area contributed by atoms with E-state index in [9.17, 15) is 4.79 Å². The van der Waals surface area contributed by atoms with E-state index in [-0.39, 0.29) is 11.5 Å². The maximum Gasteiger partial charge on any atom is 0.307 e. The predicted octanol–water partition coefficient (Wildman–Crippen LogP) is 2.50. The third-order valence-electron chi connectivity index (χ3n) is 3.75. The quantitative estimate of drug-likeness (QED) is 0.709. The zero-order valence-electron chi connectivity index (χ0n) is 10.8. The zero-order valence-corrected chi connectivity index (χ0v) is 10.8. The molecule has 0 aromatic rings. The number of esters is 1. The van der Waals surface area contributed by atoms with Crippen molar-refractivity contribution in [3.8, 4) is 0 Å². The first-order chi connectivity index (χ1) is 7.65. The fourth-order valence-electron chi connectivity index (χ4n) is 2.71. The molecule has 94 valence electrons. The molecule has 2 atom stereocenters. The van der Waals surface area contributed by atoms with E-state index in [0.717, 1.165) is 31.7 Å². The molecule has 0 saturated heterocycles. The van der Waals surface area contributed by atoms with Crippen LogP contribution in [0.2, 0.25) is 0 Å². The summed E-state index contributed by atoms with van der Waals surface area (Å²) in [4.78, 5) is 11.5. The normalized spacial score (nSPS) is 29.3. The molecule has 3 nitrogen and oxygen atoms in total. The molecular formula is C13H25NO2. The van der Waals surface area contributed by atoms with E-state index < -0.39 is 0 Å². The first-order valence-electron chi connectivity index (χ1n) is 6.47. The summed E-state index contributed by atoms with van der Waals surface area (Å²) in [5.41, 5.74) is 0.0176. The van der Waals surface area contributed by atoms with Gasteiger partial charge in [-0.25, -0.2) is 0 Å². The summed E-state index contributed by atoms with van der Waals surface area (Å²) < 4.78 is 4.81. The number of hydrogen-bond donors (Lipinski definition) is 1. The molecule has 0 spiro atoms. The number of nitrogens with one attached hydrogen (secondary N) is 1. The molecular weight excluding hydrogens is 202 g/mol. The van der Waals surface area contributed by atoms with Gasteiger partial charge in [-0.05, 0) is 38.1 Å². The lowest BCUT2D eigenvalue weighted by molar-refractivity contribution is -0.142. The minimum atomic E-state index is -0.0830. The lowest BCUT2D eigenvalue weighted by atomic mass is 9.91. The van der Waals surface area contributed by atoms with E-state index in [4.69, 9.17) is 4.74 Å². The molecule has 3 heteroatoms. The highest BCUT2D eigenvalue weighted by Gasteiger charge is 2.39. The summed E-state index contributed by atoms with van der Waals surface area (Å²) in [5, 5.41) is 3.57. The van der Waals surface area contributed by atoms with E-state index in [1.54, 1.807) is 0 Å².